The van der Waals surface area contributed by atoms with Gasteiger partial charge in [0.15, 0.2) is 0 Å². The first kappa shape index (κ1) is 15.1. The summed E-state index contributed by atoms with van der Waals surface area (Å²) in [5, 5.41) is 7.00. The Hall–Kier alpha value is -1.26. The minimum Gasteiger partial charge on any atom is -0.368 e. The van der Waals surface area contributed by atoms with Crippen molar-refractivity contribution >= 4 is 23.2 Å². The number of amides is 1. The Labute approximate surface area is 125 Å². The Kier molecular flexibility index (Phi) is 5.26. The molecule has 1 heterocycles. The van der Waals surface area contributed by atoms with E-state index in [1.54, 1.807) is 0 Å². The van der Waals surface area contributed by atoms with Gasteiger partial charge in [-0.1, -0.05) is 31.5 Å². The van der Waals surface area contributed by atoms with E-state index < -0.39 is 0 Å². The highest BCUT2D eigenvalue weighted by molar-refractivity contribution is 6.33. The van der Waals surface area contributed by atoms with Gasteiger partial charge in [0.05, 0.1) is 10.7 Å². The molecule has 2 rings (SSSR count). The number of nitrogens with zero attached hydrogens (tertiary/aromatic N) is 1. The van der Waals surface area contributed by atoms with E-state index in [1.807, 2.05) is 6.07 Å². The smallest absolute Gasteiger partial charge is 0.221 e. The quantitative estimate of drug-likeness (QED) is 0.895. The van der Waals surface area contributed by atoms with Crippen LogP contribution in [0.3, 0.4) is 0 Å². The molecule has 0 spiro atoms. The molecule has 2 N–H and O–H groups in total. The van der Waals surface area contributed by atoms with Crippen LogP contribution in [0.2, 0.25) is 5.02 Å². The van der Waals surface area contributed by atoms with E-state index in [9.17, 15) is 4.79 Å². The lowest BCUT2D eigenvalue weighted by Gasteiger charge is -2.23. The van der Waals surface area contributed by atoms with Gasteiger partial charge < -0.3 is 15.5 Å². The molecule has 0 bridgehead atoms. The molecule has 0 atom stereocenters. The van der Waals surface area contributed by atoms with Gasteiger partial charge in [0.2, 0.25) is 5.91 Å². The topological polar surface area (TPSA) is 44.4 Å². The van der Waals surface area contributed by atoms with Gasteiger partial charge in [0.25, 0.3) is 0 Å². The summed E-state index contributed by atoms with van der Waals surface area (Å²) in [7, 11) is 0. The van der Waals surface area contributed by atoms with Crippen molar-refractivity contribution in [1.82, 2.24) is 10.6 Å². The predicted molar refractivity (Wildman–Crippen MR) is 83.3 cm³/mol. The number of carbonyl (C=O) groups is 1. The molecule has 1 amide bonds. The lowest BCUT2D eigenvalue weighted by molar-refractivity contribution is -0.120. The van der Waals surface area contributed by atoms with E-state index in [0.717, 1.165) is 30.3 Å². The number of halogens is 1. The zero-order valence-corrected chi connectivity index (χ0v) is 12.8. The van der Waals surface area contributed by atoms with Crippen molar-refractivity contribution in [3.63, 3.8) is 0 Å². The maximum Gasteiger partial charge on any atom is 0.221 e. The Morgan fingerprint density at radius 3 is 2.90 bits per heavy atom. The molecule has 0 aliphatic carbocycles. The Morgan fingerprint density at radius 1 is 1.40 bits per heavy atom. The minimum atomic E-state index is 0.112. The van der Waals surface area contributed by atoms with Crippen LogP contribution in [0.1, 0.15) is 25.8 Å². The van der Waals surface area contributed by atoms with Crippen molar-refractivity contribution < 1.29 is 4.79 Å². The molecule has 1 fully saturated rings. The molecule has 0 saturated carbocycles. The third-order valence-corrected chi connectivity index (χ3v) is 3.68. The number of hydrogen-bond donors (Lipinski definition) is 2. The van der Waals surface area contributed by atoms with Crippen LogP contribution >= 0.6 is 11.6 Å². The lowest BCUT2D eigenvalue weighted by Crippen LogP contribution is -2.28. The SMILES string of the molecule is CC(C)NCc1ccc(N2CCNC(=O)CC2)c(Cl)c1. The van der Waals surface area contributed by atoms with E-state index in [1.165, 1.54) is 5.56 Å². The third kappa shape index (κ3) is 4.12. The minimum absolute atomic E-state index is 0.112. The van der Waals surface area contributed by atoms with E-state index in [-0.39, 0.29) is 5.91 Å². The van der Waals surface area contributed by atoms with Crippen molar-refractivity contribution in [2.75, 3.05) is 24.5 Å². The van der Waals surface area contributed by atoms with Gasteiger partial charge in [0, 0.05) is 38.6 Å². The molecule has 110 valence electrons. The van der Waals surface area contributed by atoms with Crippen molar-refractivity contribution in [2.45, 2.75) is 32.9 Å². The number of anilines is 1. The Bertz CT molecular complexity index is 476. The molecular weight excluding hydrogens is 274 g/mol. The van der Waals surface area contributed by atoms with Crippen LogP contribution in [-0.2, 0) is 11.3 Å². The average molecular weight is 296 g/mol. The van der Waals surface area contributed by atoms with E-state index >= 15 is 0 Å². The largest absolute Gasteiger partial charge is 0.368 e. The summed E-state index contributed by atoms with van der Waals surface area (Å²) in [4.78, 5) is 13.5. The number of nitrogens with one attached hydrogen (secondary N) is 2. The molecule has 0 radical (unpaired) electrons. The number of benzene rings is 1. The first-order valence-corrected chi connectivity index (χ1v) is 7.47. The molecule has 1 aromatic rings. The molecule has 1 aromatic carbocycles. The van der Waals surface area contributed by atoms with Crippen LogP contribution < -0.4 is 15.5 Å². The van der Waals surface area contributed by atoms with Crippen molar-refractivity contribution in [1.29, 1.82) is 0 Å². The van der Waals surface area contributed by atoms with Gasteiger partial charge in [-0.3, -0.25) is 4.79 Å². The molecule has 4 nitrogen and oxygen atoms in total. The number of rotatable bonds is 4. The highest BCUT2D eigenvalue weighted by atomic mass is 35.5. The zero-order valence-electron chi connectivity index (χ0n) is 12.1. The second kappa shape index (κ2) is 6.95. The highest BCUT2D eigenvalue weighted by Crippen LogP contribution is 2.27. The first-order chi connectivity index (χ1) is 9.56. The summed E-state index contributed by atoms with van der Waals surface area (Å²) in [6, 6.07) is 6.61. The predicted octanol–water partition coefficient (Wildman–Crippen LogP) is 2.16. The van der Waals surface area contributed by atoms with Crippen LogP contribution in [0.4, 0.5) is 5.69 Å². The monoisotopic (exact) mass is 295 g/mol. The van der Waals surface area contributed by atoms with Crippen LogP contribution in [0.15, 0.2) is 18.2 Å². The van der Waals surface area contributed by atoms with Crippen LogP contribution in [0.5, 0.6) is 0 Å². The van der Waals surface area contributed by atoms with Crippen molar-refractivity contribution in [3.05, 3.63) is 28.8 Å². The zero-order chi connectivity index (χ0) is 14.5. The maximum atomic E-state index is 11.4. The fourth-order valence-electron chi connectivity index (χ4n) is 2.25. The molecule has 20 heavy (non-hydrogen) atoms. The van der Waals surface area contributed by atoms with Crippen LogP contribution in [-0.4, -0.2) is 31.6 Å². The fourth-order valence-corrected chi connectivity index (χ4v) is 2.57. The molecule has 0 aromatic heterocycles. The highest BCUT2D eigenvalue weighted by Gasteiger charge is 2.16. The second-order valence-corrected chi connectivity index (χ2v) is 5.82. The van der Waals surface area contributed by atoms with E-state index in [4.69, 9.17) is 11.6 Å². The molecular formula is C15H22ClN3O. The van der Waals surface area contributed by atoms with Crippen molar-refractivity contribution in [3.8, 4) is 0 Å². The second-order valence-electron chi connectivity index (χ2n) is 5.41. The summed E-state index contributed by atoms with van der Waals surface area (Å²) >= 11 is 6.39. The molecule has 5 heteroatoms. The van der Waals surface area contributed by atoms with E-state index in [2.05, 4.69) is 41.5 Å². The van der Waals surface area contributed by atoms with Gasteiger partial charge in [-0.15, -0.1) is 0 Å². The average Bonchev–Trinajstić information content (AvgIpc) is 2.61. The Balaban J connectivity index is 2.06. The fraction of sp³-hybridized carbons (Fsp3) is 0.533. The van der Waals surface area contributed by atoms with Gasteiger partial charge in [0.1, 0.15) is 0 Å². The standard InChI is InChI=1S/C15H22ClN3O/c1-11(2)18-10-12-3-4-14(13(16)9-12)19-7-5-15(20)17-6-8-19/h3-4,9,11,18H,5-8,10H2,1-2H3,(H,17,20). The maximum absolute atomic E-state index is 11.4. The normalized spacial score (nSPS) is 16.2. The van der Waals surface area contributed by atoms with Crippen LogP contribution in [0.25, 0.3) is 0 Å². The molecule has 1 aliphatic rings. The van der Waals surface area contributed by atoms with Gasteiger partial charge in [-0.05, 0) is 17.7 Å². The first-order valence-electron chi connectivity index (χ1n) is 7.09. The number of carbonyl (C=O) groups excluding carboxylic acids is 1. The van der Waals surface area contributed by atoms with Crippen LogP contribution in [0, 0.1) is 0 Å². The number of hydrogen-bond acceptors (Lipinski definition) is 3. The lowest BCUT2D eigenvalue weighted by atomic mass is 10.1. The summed E-state index contributed by atoms with van der Waals surface area (Å²) in [5.74, 6) is 0.112. The third-order valence-electron chi connectivity index (χ3n) is 3.38. The molecule has 1 aliphatic heterocycles. The molecule has 1 saturated heterocycles. The summed E-state index contributed by atoms with van der Waals surface area (Å²) in [5.41, 5.74) is 2.19. The van der Waals surface area contributed by atoms with E-state index in [0.29, 0.717) is 19.0 Å². The summed E-state index contributed by atoms with van der Waals surface area (Å²) < 4.78 is 0. The van der Waals surface area contributed by atoms with Gasteiger partial charge >= 0.3 is 0 Å². The van der Waals surface area contributed by atoms with Gasteiger partial charge in [-0.2, -0.15) is 0 Å². The molecule has 0 unspecified atom stereocenters. The summed E-state index contributed by atoms with van der Waals surface area (Å²) in [6.07, 6.45) is 0.521. The van der Waals surface area contributed by atoms with Gasteiger partial charge in [-0.25, -0.2) is 0 Å². The van der Waals surface area contributed by atoms with Crippen molar-refractivity contribution in [2.24, 2.45) is 0 Å². The summed E-state index contributed by atoms with van der Waals surface area (Å²) in [6.45, 7) is 7.25. The Morgan fingerprint density at radius 2 is 2.20 bits per heavy atom.